The van der Waals surface area contributed by atoms with Crippen LogP contribution in [0.2, 0.25) is 0 Å². The summed E-state index contributed by atoms with van der Waals surface area (Å²) in [6, 6.07) is 7.97. The van der Waals surface area contributed by atoms with Crippen LogP contribution in [0.15, 0.2) is 29.6 Å². The maximum absolute atomic E-state index is 12.2. The normalized spacial score (nSPS) is 13.6. The molecule has 0 bridgehead atoms. The number of amides is 2. The lowest BCUT2D eigenvalue weighted by molar-refractivity contribution is -0.118. The Morgan fingerprint density at radius 3 is 2.60 bits per heavy atom. The predicted octanol–water partition coefficient (Wildman–Crippen LogP) is 3.24. The standard InChI is InChI=1S/C18H22N4O2S/c1-11(2)16(23)20-13-5-3-12(4-6-13)9-19-17(24)15-10-25-18(22-15)21-14-7-8-14/h3-6,10-11,14H,7-9H2,1-2H3,(H,19,24)(H,20,23)(H,21,22). The van der Waals surface area contributed by atoms with Gasteiger partial charge in [0, 0.05) is 29.6 Å². The molecule has 0 radical (unpaired) electrons. The molecule has 1 fully saturated rings. The minimum Gasteiger partial charge on any atom is -0.359 e. The largest absolute Gasteiger partial charge is 0.359 e. The van der Waals surface area contributed by atoms with E-state index < -0.39 is 0 Å². The number of anilines is 2. The first-order valence-electron chi connectivity index (χ1n) is 8.41. The van der Waals surface area contributed by atoms with E-state index in [0.717, 1.165) is 16.4 Å². The van der Waals surface area contributed by atoms with Gasteiger partial charge in [0.2, 0.25) is 5.91 Å². The fourth-order valence-corrected chi connectivity index (χ4v) is 2.88. The van der Waals surface area contributed by atoms with Crippen molar-refractivity contribution < 1.29 is 9.59 Å². The van der Waals surface area contributed by atoms with Crippen LogP contribution in [0.5, 0.6) is 0 Å². The van der Waals surface area contributed by atoms with Gasteiger partial charge < -0.3 is 16.0 Å². The van der Waals surface area contributed by atoms with Crippen LogP contribution in [0.1, 0.15) is 42.7 Å². The second-order valence-corrected chi connectivity index (χ2v) is 7.34. The minimum atomic E-state index is -0.183. The van der Waals surface area contributed by atoms with Crippen LogP contribution >= 0.6 is 11.3 Å². The molecule has 132 valence electrons. The summed E-state index contributed by atoms with van der Waals surface area (Å²) in [5, 5.41) is 11.6. The lowest BCUT2D eigenvalue weighted by atomic mass is 10.1. The Morgan fingerprint density at radius 2 is 1.96 bits per heavy atom. The summed E-state index contributed by atoms with van der Waals surface area (Å²) in [6.45, 7) is 4.12. The van der Waals surface area contributed by atoms with Crippen molar-refractivity contribution in [1.82, 2.24) is 10.3 Å². The molecule has 1 aromatic heterocycles. The molecule has 0 saturated heterocycles. The fourth-order valence-electron chi connectivity index (χ4n) is 2.11. The van der Waals surface area contributed by atoms with E-state index in [9.17, 15) is 9.59 Å². The Morgan fingerprint density at radius 1 is 1.24 bits per heavy atom. The molecule has 0 atom stereocenters. The summed E-state index contributed by atoms with van der Waals surface area (Å²) < 4.78 is 0. The van der Waals surface area contributed by atoms with Gasteiger partial charge in [0.15, 0.2) is 5.13 Å². The van der Waals surface area contributed by atoms with Gasteiger partial charge >= 0.3 is 0 Å². The van der Waals surface area contributed by atoms with Crippen LogP contribution in [0.4, 0.5) is 10.8 Å². The van der Waals surface area contributed by atoms with Gasteiger partial charge in [-0.15, -0.1) is 11.3 Å². The van der Waals surface area contributed by atoms with Crippen LogP contribution in [0.25, 0.3) is 0 Å². The quantitative estimate of drug-likeness (QED) is 0.709. The summed E-state index contributed by atoms with van der Waals surface area (Å²) in [4.78, 5) is 28.1. The number of benzene rings is 1. The zero-order valence-electron chi connectivity index (χ0n) is 14.3. The molecule has 1 aliphatic carbocycles. The number of nitrogens with one attached hydrogen (secondary N) is 3. The third kappa shape index (κ3) is 5.03. The van der Waals surface area contributed by atoms with Crippen molar-refractivity contribution in [2.75, 3.05) is 10.6 Å². The van der Waals surface area contributed by atoms with Gasteiger partial charge in [0.1, 0.15) is 5.69 Å². The Kier molecular flexibility index (Phi) is 5.33. The third-order valence-electron chi connectivity index (χ3n) is 3.84. The van der Waals surface area contributed by atoms with E-state index in [2.05, 4.69) is 20.9 Å². The van der Waals surface area contributed by atoms with Crippen molar-refractivity contribution in [3.05, 3.63) is 40.9 Å². The number of hydrogen-bond acceptors (Lipinski definition) is 5. The maximum atomic E-state index is 12.2. The molecule has 1 aliphatic rings. The average molecular weight is 358 g/mol. The molecular weight excluding hydrogens is 336 g/mol. The highest BCUT2D eigenvalue weighted by atomic mass is 32.1. The molecule has 0 unspecified atom stereocenters. The fraction of sp³-hybridized carbons (Fsp3) is 0.389. The van der Waals surface area contributed by atoms with Gasteiger partial charge in [-0.3, -0.25) is 9.59 Å². The highest BCUT2D eigenvalue weighted by Gasteiger charge is 2.22. The van der Waals surface area contributed by atoms with Crippen molar-refractivity contribution in [3.8, 4) is 0 Å². The summed E-state index contributed by atoms with van der Waals surface area (Å²) in [5.74, 6) is -0.256. The van der Waals surface area contributed by atoms with Crippen molar-refractivity contribution >= 4 is 34.0 Å². The van der Waals surface area contributed by atoms with E-state index in [1.807, 2.05) is 38.1 Å². The number of carbonyl (C=O) groups excluding carboxylic acids is 2. The third-order valence-corrected chi connectivity index (χ3v) is 4.61. The number of nitrogens with zero attached hydrogens (tertiary/aromatic N) is 1. The molecule has 3 N–H and O–H groups in total. The van der Waals surface area contributed by atoms with Gasteiger partial charge in [0.05, 0.1) is 0 Å². The zero-order valence-corrected chi connectivity index (χ0v) is 15.2. The number of carbonyl (C=O) groups is 2. The smallest absolute Gasteiger partial charge is 0.271 e. The Hall–Kier alpha value is -2.41. The Balaban J connectivity index is 1.49. The van der Waals surface area contributed by atoms with Crippen LogP contribution in [-0.4, -0.2) is 22.8 Å². The van der Waals surface area contributed by atoms with Crippen molar-refractivity contribution in [3.63, 3.8) is 0 Å². The molecule has 0 aliphatic heterocycles. The molecular formula is C18H22N4O2S. The number of aromatic nitrogens is 1. The molecule has 0 spiro atoms. The van der Waals surface area contributed by atoms with Crippen molar-refractivity contribution in [2.24, 2.45) is 5.92 Å². The second-order valence-electron chi connectivity index (χ2n) is 6.48. The first-order valence-corrected chi connectivity index (χ1v) is 9.29. The van der Waals surface area contributed by atoms with Crippen LogP contribution < -0.4 is 16.0 Å². The molecule has 1 heterocycles. The molecule has 1 saturated carbocycles. The summed E-state index contributed by atoms with van der Waals surface area (Å²) in [5.41, 5.74) is 2.15. The lowest BCUT2D eigenvalue weighted by Crippen LogP contribution is -2.23. The van der Waals surface area contributed by atoms with Crippen LogP contribution in [-0.2, 0) is 11.3 Å². The molecule has 25 heavy (non-hydrogen) atoms. The van der Waals surface area contributed by atoms with E-state index in [0.29, 0.717) is 18.3 Å². The summed E-state index contributed by atoms with van der Waals surface area (Å²) >= 11 is 1.45. The maximum Gasteiger partial charge on any atom is 0.271 e. The Bertz CT molecular complexity index is 751. The van der Waals surface area contributed by atoms with Crippen molar-refractivity contribution in [2.45, 2.75) is 39.3 Å². The first kappa shape index (κ1) is 17.4. The van der Waals surface area contributed by atoms with Crippen molar-refractivity contribution in [1.29, 1.82) is 0 Å². The molecule has 3 rings (SSSR count). The van der Waals surface area contributed by atoms with E-state index >= 15 is 0 Å². The molecule has 7 heteroatoms. The topological polar surface area (TPSA) is 83.1 Å². The SMILES string of the molecule is CC(C)C(=O)Nc1ccc(CNC(=O)c2csc(NC3CC3)n2)cc1. The van der Waals surface area contributed by atoms with Gasteiger partial charge in [-0.2, -0.15) is 0 Å². The Labute approximate surface area is 151 Å². The van der Waals surface area contributed by atoms with E-state index in [1.165, 1.54) is 24.2 Å². The lowest BCUT2D eigenvalue weighted by Gasteiger charge is -2.09. The summed E-state index contributed by atoms with van der Waals surface area (Å²) in [7, 11) is 0. The van der Waals surface area contributed by atoms with E-state index in [-0.39, 0.29) is 17.7 Å². The van der Waals surface area contributed by atoms with Crippen LogP contribution in [0, 0.1) is 5.92 Å². The summed E-state index contributed by atoms with van der Waals surface area (Å²) in [6.07, 6.45) is 2.35. The minimum absolute atomic E-state index is 0.0137. The monoisotopic (exact) mass is 358 g/mol. The zero-order chi connectivity index (χ0) is 17.8. The van der Waals surface area contributed by atoms with Crippen LogP contribution in [0.3, 0.4) is 0 Å². The number of hydrogen-bond donors (Lipinski definition) is 3. The second kappa shape index (κ2) is 7.65. The molecule has 2 amide bonds. The highest BCUT2D eigenvalue weighted by Crippen LogP contribution is 2.26. The van der Waals surface area contributed by atoms with Gasteiger partial charge in [-0.25, -0.2) is 4.98 Å². The van der Waals surface area contributed by atoms with Gasteiger partial charge in [0.25, 0.3) is 5.91 Å². The highest BCUT2D eigenvalue weighted by molar-refractivity contribution is 7.13. The van der Waals surface area contributed by atoms with Gasteiger partial charge in [-0.1, -0.05) is 26.0 Å². The number of thiazole rings is 1. The number of rotatable bonds is 7. The molecule has 6 nitrogen and oxygen atoms in total. The van der Waals surface area contributed by atoms with Gasteiger partial charge in [-0.05, 0) is 30.5 Å². The molecule has 2 aromatic rings. The molecule has 1 aromatic carbocycles. The first-order chi connectivity index (χ1) is 12.0. The predicted molar refractivity (Wildman–Crippen MR) is 99.8 cm³/mol. The average Bonchev–Trinajstić information content (AvgIpc) is 3.28. The van der Waals surface area contributed by atoms with E-state index in [4.69, 9.17) is 0 Å². The van der Waals surface area contributed by atoms with E-state index in [1.54, 1.807) is 5.38 Å².